The van der Waals surface area contributed by atoms with Crippen molar-refractivity contribution >= 4 is 16.1 Å². The number of carbonyl (C=O) groups excluding carboxylic acids is 1. The lowest BCUT2D eigenvalue weighted by Crippen LogP contribution is -2.57. The first-order valence-corrected chi connectivity index (χ1v) is 13.7. The first-order chi connectivity index (χ1) is 16.5. The number of hydrogen-bond acceptors (Lipinski definition) is 6. The normalized spacial score (nSPS) is 24.7. The number of aromatic nitrogens is 1. The molecule has 184 valence electrons. The molecule has 0 bridgehead atoms. The molecule has 9 nitrogen and oxygen atoms in total. The van der Waals surface area contributed by atoms with Crippen molar-refractivity contribution < 1.29 is 17.7 Å². The Morgan fingerprint density at radius 2 is 1.85 bits per heavy atom. The Kier molecular flexibility index (Phi) is 7.01. The van der Waals surface area contributed by atoms with E-state index in [4.69, 9.17) is 4.52 Å². The van der Waals surface area contributed by atoms with Crippen LogP contribution in [0.25, 0.3) is 0 Å². The predicted octanol–water partition coefficient (Wildman–Crippen LogP) is 1.94. The minimum Gasteiger partial charge on any atom is -0.360 e. The van der Waals surface area contributed by atoms with Crippen LogP contribution in [0.5, 0.6) is 0 Å². The van der Waals surface area contributed by atoms with Gasteiger partial charge >= 0.3 is 0 Å². The van der Waals surface area contributed by atoms with Gasteiger partial charge in [0.15, 0.2) is 5.69 Å². The summed E-state index contributed by atoms with van der Waals surface area (Å²) in [6, 6.07) is 11.2. The summed E-state index contributed by atoms with van der Waals surface area (Å²) < 4.78 is 36.6. The maximum Gasteiger partial charge on any atom is 0.279 e. The molecule has 1 aromatic carbocycles. The van der Waals surface area contributed by atoms with E-state index >= 15 is 0 Å². The summed E-state index contributed by atoms with van der Waals surface area (Å²) in [5, 5.41) is 10.3. The molecule has 2 atom stereocenters. The minimum absolute atomic E-state index is 0.0473. The average molecular weight is 488 g/mol. The van der Waals surface area contributed by atoms with Gasteiger partial charge in [0, 0.05) is 36.7 Å². The van der Waals surface area contributed by atoms with Crippen LogP contribution in [0, 0.1) is 0 Å². The number of nitrogens with one attached hydrogen (secondary N) is 3. The SMILES string of the molecule is O=C(N[C@H]1CCN(S(=O)(=O)NC2CCNCC2)[C@@H](Cc2ccccc2)C1)c1cc(C2CC2)on1. The van der Waals surface area contributed by atoms with Gasteiger partial charge in [0.25, 0.3) is 16.1 Å². The van der Waals surface area contributed by atoms with Gasteiger partial charge in [-0.25, -0.2) is 0 Å². The van der Waals surface area contributed by atoms with E-state index in [-0.39, 0.29) is 24.0 Å². The Morgan fingerprint density at radius 3 is 2.59 bits per heavy atom. The zero-order valence-corrected chi connectivity index (χ0v) is 20.1. The highest BCUT2D eigenvalue weighted by Gasteiger charge is 2.38. The van der Waals surface area contributed by atoms with Crippen LogP contribution in [0.2, 0.25) is 0 Å². The van der Waals surface area contributed by atoms with Crippen molar-refractivity contribution in [2.45, 2.75) is 69.0 Å². The van der Waals surface area contributed by atoms with Crippen molar-refractivity contribution in [3.8, 4) is 0 Å². The Labute approximate surface area is 200 Å². The maximum atomic E-state index is 13.4. The third-order valence-electron chi connectivity index (χ3n) is 7.02. The second kappa shape index (κ2) is 10.2. The first kappa shape index (κ1) is 23.5. The van der Waals surface area contributed by atoms with Crippen LogP contribution in [-0.4, -0.2) is 61.5 Å². The fraction of sp³-hybridized carbons (Fsp3) is 0.583. The second-order valence-electron chi connectivity index (χ2n) is 9.68. The minimum atomic E-state index is -3.64. The lowest BCUT2D eigenvalue weighted by molar-refractivity contribution is 0.0902. The maximum absolute atomic E-state index is 13.4. The van der Waals surface area contributed by atoms with Gasteiger partial charge in [0.1, 0.15) is 5.76 Å². The summed E-state index contributed by atoms with van der Waals surface area (Å²) in [5.74, 6) is 0.908. The van der Waals surface area contributed by atoms with Crippen molar-refractivity contribution in [3.05, 3.63) is 53.4 Å². The highest BCUT2D eigenvalue weighted by molar-refractivity contribution is 7.87. The van der Waals surface area contributed by atoms with Crippen LogP contribution >= 0.6 is 0 Å². The van der Waals surface area contributed by atoms with Gasteiger partial charge in [-0.2, -0.15) is 17.4 Å². The second-order valence-corrected chi connectivity index (χ2v) is 11.3. The number of amides is 1. The molecule has 1 saturated carbocycles. The molecular formula is C24H33N5O4S. The first-order valence-electron chi connectivity index (χ1n) is 12.3. The molecule has 2 aromatic rings. The van der Waals surface area contributed by atoms with E-state index in [1.54, 1.807) is 10.4 Å². The zero-order valence-electron chi connectivity index (χ0n) is 19.3. The predicted molar refractivity (Wildman–Crippen MR) is 128 cm³/mol. The highest BCUT2D eigenvalue weighted by atomic mass is 32.2. The van der Waals surface area contributed by atoms with Crippen LogP contribution in [0.15, 0.2) is 40.9 Å². The van der Waals surface area contributed by atoms with E-state index in [1.165, 1.54) is 0 Å². The number of rotatable bonds is 8. The number of carbonyl (C=O) groups is 1. The Bertz CT molecular complexity index is 1080. The van der Waals surface area contributed by atoms with Crippen molar-refractivity contribution in [2.24, 2.45) is 0 Å². The molecule has 0 unspecified atom stereocenters. The van der Waals surface area contributed by atoms with Gasteiger partial charge in [-0.3, -0.25) is 4.79 Å². The Balaban J connectivity index is 1.28. The molecule has 0 radical (unpaired) electrons. The topological polar surface area (TPSA) is 117 Å². The van der Waals surface area contributed by atoms with Gasteiger partial charge in [-0.05, 0) is 63.6 Å². The van der Waals surface area contributed by atoms with E-state index in [2.05, 4.69) is 20.5 Å². The number of piperidine rings is 2. The standard InChI is InChI=1S/C24H33N5O4S/c30-24(22-16-23(33-27-22)18-6-7-18)26-20-10-13-29(21(15-20)14-17-4-2-1-3-5-17)34(31,32)28-19-8-11-25-12-9-19/h1-5,16,18-21,25,28H,6-15H2,(H,26,30)/t20-,21-/m0/s1. The molecule has 5 rings (SSSR count). The number of benzene rings is 1. The molecule has 3 fully saturated rings. The molecule has 10 heteroatoms. The van der Waals surface area contributed by atoms with Gasteiger partial charge in [0.05, 0.1) is 0 Å². The van der Waals surface area contributed by atoms with Crippen molar-refractivity contribution in [3.63, 3.8) is 0 Å². The third kappa shape index (κ3) is 5.68. The van der Waals surface area contributed by atoms with Gasteiger partial charge < -0.3 is 15.2 Å². The fourth-order valence-electron chi connectivity index (χ4n) is 4.98. The molecule has 3 N–H and O–H groups in total. The molecule has 3 aliphatic rings. The molecule has 2 saturated heterocycles. The van der Waals surface area contributed by atoms with E-state index in [9.17, 15) is 13.2 Å². The monoisotopic (exact) mass is 487 g/mol. The quantitative estimate of drug-likeness (QED) is 0.524. The van der Waals surface area contributed by atoms with Crippen molar-refractivity contribution in [1.29, 1.82) is 0 Å². The van der Waals surface area contributed by atoms with E-state index in [1.807, 2.05) is 30.3 Å². The van der Waals surface area contributed by atoms with Gasteiger partial charge in [0.2, 0.25) is 0 Å². The van der Waals surface area contributed by atoms with Gasteiger partial charge in [-0.1, -0.05) is 35.5 Å². The fourth-order valence-corrected chi connectivity index (χ4v) is 6.67. The van der Waals surface area contributed by atoms with Crippen LogP contribution in [0.1, 0.15) is 66.3 Å². The summed E-state index contributed by atoms with van der Waals surface area (Å²) in [6.07, 6.45) is 5.42. The number of hydrogen-bond donors (Lipinski definition) is 3. The molecule has 2 aliphatic heterocycles. The Morgan fingerprint density at radius 1 is 1.09 bits per heavy atom. The summed E-state index contributed by atoms with van der Waals surface area (Å²) in [7, 11) is -3.64. The smallest absolute Gasteiger partial charge is 0.279 e. The number of nitrogens with zero attached hydrogens (tertiary/aromatic N) is 2. The van der Waals surface area contributed by atoms with Gasteiger partial charge in [-0.15, -0.1) is 0 Å². The molecule has 1 aromatic heterocycles. The van der Waals surface area contributed by atoms with E-state index < -0.39 is 10.2 Å². The van der Waals surface area contributed by atoms with Crippen LogP contribution in [0.3, 0.4) is 0 Å². The van der Waals surface area contributed by atoms with Crippen LogP contribution in [0.4, 0.5) is 0 Å². The summed E-state index contributed by atoms with van der Waals surface area (Å²) in [6.45, 7) is 1.99. The Hall–Kier alpha value is -2.27. The third-order valence-corrected chi connectivity index (χ3v) is 8.74. The van der Waals surface area contributed by atoms with Crippen molar-refractivity contribution in [1.82, 2.24) is 24.8 Å². The summed E-state index contributed by atoms with van der Waals surface area (Å²) in [5.41, 5.74) is 1.37. The molecule has 1 aliphatic carbocycles. The molecule has 1 amide bonds. The lowest BCUT2D eigenvalue weighted by atomic mass is 9.94. The lowest BCUT2D eigenvalue weighted by Gasteiger charge is -2.39. The average Bonchev–Trinajstić information content (AvgIpc) is 3.56. The summed E-state index contributed by atoms with van der Waals surface area (Å²) >= 11 is 0. The highest BCUT2D eigenvalue weighted by Crippen LogP contribution is 2.40. The van der Waals surface area contributed by atoms with Crippen LogP contribution in [-0.2, 0) is 16.6 Å². The van der Waals surface area contributed by atoms with Crippen molar-refractivity contribution in [2.75, 3.05) is 19.6 Å². The zero-order chi connectivity index (χ0) is 23.5. The summed E-state index contributed by atoms with van der Waals surface area (Å²) in [4.78, 5) is 12.8. The largest absolute Gasteiger partial charge is 0.360 e. The molecule has 3 heterocycles. The molecule has 0 spiro atoms. The molecular weight excluding hydrogens is 454 g/mol. The van der Waals surface area contributed by atoms with E-state index in [0.717, 1.165) is 50.1 Å². The van der Waals surface area contributed by atoms with E-state index in [0.29, 0.717) is 37.4 Å². The van der Waals surface area contributed by atoms with Crippen LogP contribution < -0.4 is 15.4 Å². The molecule has 34 heavy (non-hydrogen) atoms.